The highest BCUT2D eigenvalue weighted by atomic mass is 19.3. The molecule has 0 radical (unpaired) electrons. The first-order valence-corrected chi connectivity index (χ1v) is 10.6. The molecule has 31 heavy (non-hydrogen) atoms. The van der Waals surface area contributed by atoms with Crippen molar-refractivity contribution in [1.82, 2.24) is 15.1 Å². The number of hydrogen-bond donors (Lipinski definition) is 1. The summed E-state index contributed by atoms with van der Waals surface area (Å²) in [4.78, 5) is 14.6. The number of anilines is 1. The molecule has 5 rings (SSSR count). The van der Waals surface area contributed by atoms with E-state index in [1.807, 2.05) is 11.0 Å². The lowest BCUT2D eigenvalue weighted by Gasteiger charge is -2.33. The number of aromatic nitrogens is 2. The maximum atomic E-state index is 13.4. The predicted molar refractivity (Wildman–Crippen MR) is 107 cm³/mol. The predicted octanol–water partition coefficient (Wildman–Crippen LogP) is 3.93. The lowest BCUT2D eigenvalue weighted by atomic mass is 9.93. The number of rotatable bonds is 5. The average Bonchev–Trinajstić information content (AvgIpc) is 3.60. The largest absolute Gasteiger partial charge is 0.403 e. The number of alkyl halides is 2. The molecule has 1 amide bonds. The van der Waals surface area contributed by atoms with E-state index < -0.39 is 17.9 Å². The minimum atomic E-state index is -2.75. The maximum Gasteiger partial charge on any atom is 0.316 e. The van der Waals surface area contributed by atoms with Crippen molar-refractivity contribution in [2.75, 3.05) is 18.4 Å². The molecular formula is C22H23F2N5O2. The number of halogens is 2. The number of benzene rings is 1. The molecule has 1 N–H and O–H groups in total. The van der Waals surface area contributed by atoms with E-state index in [0.717, 1.165) is 25.9 Å². The van der Waals surface area contributed by atoms with Gasteiger partial charge in [-0.15, -0.1) is 5.10 Å². The molecule has 1 aromatic heterocycles. The van der Waals surface area contributed by atoms with Gasteiger partial charge in [0, 0.05) is 25.1 Å². The molecule has 2 saturated carbocycles. The Labute approximate surface area is 178 Å². The highest BCUT2D eigenvalue weighted by molar-refractivity contribution is 5.83. The number of nitrogens with zero attached hydrogens (tertiary/aromatic N) is 4. The van der Waals surface area contributed by atoms with Gasteiger partial charge in [0.2, 0.25) is 11.8 Å². The molecule has 0 bridgehead atoms. The first-order valence-electron chi connectivity index (χ1n) is 10.6. The van der Waals surface area contributed by atoms with Crippen LogP contribution in [0.3, 0.4) is 0 Å². The van der Waals surface area contributed by atoms with Crippen LogP contribution in [0.4, 0.5) is 14.8 Å². The van der Waals surface area contributed by atoms with Crippen LogP contribution in [0, 0.1) is 16.7 Å². The van der Waals surface area contributed by atoms with Gasteiger partial charge in [-0.2, -0.15) is 5.26 Å². The summed E-state index contributed by atoms with van der Waals surface area (Å²) in [5, 5.41) is 20.2. The Balaban J connectivity index is 1.25. The van der Waals surface area contributed by atoms with E-state index in [9.17, 15) is 18.8 Å². The van der Waals surface area contributed by atoms with Crippen molar-refractivity contribution in [3.63, 3.8) is 0 Å². The zero-order valence-electron chi connectivity index (χ0n) is 17.2. The molecule has 1 saturated heterocycles. The van der Waals surface area contributed by atoms with Gasteiger partial charge in [-0.3, -0.25) is 4.79 Å². The van der Waals surface area contributed by atoms with Crippen molar-refractivity contribution in [1.29, 1.82) is 5.26 Å². The van der Waals surface area contributed by atoms with Crippen LogP contribution in [-0.2, 0) is 4.79 Å². The van der Waals surface area contributed by atoms with E-state index in [4.69, 9.17) is 4.42 Å². The molecule has 162 valence electrons. The summed E-state index contributed by atoms with van der Waals surface area (Å²) >= 11 is 0. The third-order valence-corrected chi connectivity index (χ3v) is 6.85. The molecule has 2 aliphatic carbocycles. The second-order valence-corrected chi connectivity index (χ2v) is 9.04. The van der Waals surface area contributed by atoms with Crippen LogP contribution in [0.1, 0.15) is 56.1 Å². The summed E-state index contributed by atoms with van der Waals surface area (Å²) in [5.74, 6) is -3.50. The molecule has 9 heteroatoms. The van der Waals surface area contributed by atoms with Gasteiger partial charge in [0.1, 0.15) is 6.04 Å². The van der Waals surface area contributed by atoms with Crippen LogP contribution in [0.2, 0.25) is 0 Å². The maximum absolute atomic E-state index is 13.4. The van der Waals surface area contributed by atoms with Crippen molar-refractivity contribution < 1.29 is 18.0 Å². The van der Waals surface area contributed by atoms with E-state index in [1.54, 1.807) is 13.0 Å². The number of amides is 1. The smallest absolute Gasteiger partial charge is 0.316 e. The SMILES string of the molecule is C[C@H](Nc1nnc(-c2ccc([C@@H]3CC3(F)F)c(C#N)c2)o1)C(=O)N1CCC2(CC1)CC2. The fourth-order valence-corrected chi connectivity index (χ4v) is 4.44. The van der Waals surface area contributed by atoms with Crippen LogP contribution < -0.4 is 5.32 Å². The van der Waals surface area contributed by atoms with Crippen LogP contribution in [0.5, 0.6) is 0 Å². The second-order valence-electron chi connectivity index (χ2n) is 9.04. The van der Waals surface area contributed by atoms with Gasteiger partial charge in [-0.05, 0) is 55.7 Å². The summed E-state index contributed by atoms with van der Waals surface area (Å²) in [7, 11) is 0. The van der Waals surface area contributed by atoms with E-state index in [-0.39, 0.29) is 29.8 Å². The van der Waals surface area contributed by atoms with E-state index in [2.05, 4.69) is 15.5 Å². The Morgan fingerprint density at radius 1 is 1.29 bits per heavy atom. The van der Waals surface area contributed by atoms with Gasteiger partial charge < -0.3 is 14.6 Å². The number of likely N-dealkylation sites (tertiary alicyclic amines) is 1. The van der Waals surface area contributed by atoms with Crippen LogP contribution in [0.15, 0.2) is 22.6 Å². The summed E-state index contributed by atoms with van der Waals surface area (Å²) in [5.41, 5.74) is 1.48. The van der Waals surface area contributed by atoms with Crippen molar-refractivity contribution in [3.05, 3.63) is 29.3 Å². The van der Waals surface area contributed by atoms with Crippen molar-refractivity contribution in [2.24, 2.45) is 5.41 Å². The quantitative estimate of drug-likeness (QED) is 0.777. The highest BCUT2D eigenvalue weighted by Gasteiger charge is 2.58. The van der Waals surface area contributed by atoms with E-state index >= 15 is 0 Å². The normalized spacial score (nSPS) is 23.8. The molecule has 2 aromatic rings. The topological polar surface area (TPSA) is 95.0 Å². The molecule has 0 unspecified atom stereocenters. The van der Waals surface area contributed by atoms with Gasteiger partial charge in [0.05, 0.1) is 17.6 Å². The fraction of sp³-hybridized carbons (Fsp3) is 0.545. The molecule has 1 aromatic carbocycles. The summed E-state index contributed by atoms with van der Waals surface area (Å²) < 4.78 is 32.4. The standard InChI is InChI=1S/C22H23F2N5O2/c1-13(19(30)29-8-6-21(4-5-21)7-9-29)26-20-28-27-18(31-20)14-2-3-16(15(10-14)12-25)17-11-22(17,23)24/h2-3,10,13,17H,4-9,11H2,1H3,(H,26,28)/t13-,17-/m0/s1. The minimum Gasteiger partial charge on any atom is -0.403 e. The number of carbonyl (C=O) groups is 1. The molecule has 3 fully saturated rings. The van der Waals surface area contributed by atoms with Crippen molar-refractivity contribution in [3.8, 4) is 17.5 Å². The first kappa shape index (κ1) is 19.9. The fourth-order valence-electron chi connectivity index (χ4n) is 4.44. The zero-order chi connectivity index (χ0) is 21.8. The third-order valence-electron chi connectivity index (χ3n) is 6.85. The highest BCUT2D eigenvalue weighted by Crippen LogP contribution is 2.56. The number of piperidine rings is 1. The van der Waals surface area contributed by atoms with Gasteiger partial charge in [0.15, 0.2) is 0 Å². The molecule has 3 aliphatic rings. The number of nitrogens with one attached hydrogen (secondary N) is 1. The molecule has 2 heterocycles. The van der Waals surface area contributed by atoms with Gasteiger partial charge >= 0.3 is 6.01 Å². The van der Waals surface area contributed by atoms with Crippen LogP contribution in [-0.4, -0.2) is 46.1 Å². The zero-order valence-corrected chi connectivity index (χ0v) is 17.2. The second kappa shape index (κ2) is 7.01. The lowest BCUT2D eigenvalue weighted by Crippen LogP contribution is -2.45. The monoisotopic (exact) mass is 427 g/mol. The van der Waals surface area contributed by atoms with Crippen LogP contribution in [0.25, 0.3) is 11.5 Å². The molecule has 1 aliphatic heterocycles. The Bertz CT molecular complexity index is 1060. The third kappa shape index (κ3) is 3.75. The van der Waals surface area contributed by atoms with Gasteiger partial charge in [0.25, 0.3) is 5.92 Å². The first-order chi connectivity index (χ1) is 14.8. The Hall–Kier alpha value is -3.02. The van der Waals surface area contributed by atoms with Gasteiger partial charge in [-0.25, -0.2) is 8.78 Å². The molecular weight excluding hydrogens is 404 g/mol. The summed E-state index contributed by atoms with van der Waals surface area (Å²) in [6.45, 7) is 3.32. The molecule has 2 atom stereocenters. The Morgan fingerprint density at radius 2 is 2.00 bits per heavy atom. The molecule has 1 spiro atoms. The minimum absolute atomic E-state index is 0.00303. The average molecular weight is 427 g/mol. The number of hydrogen-bond acceptors (Lipinski definition) is 6. The van der Waals surface area contributed by atoms with Crippen LogP contribution >= 0.6 is 0 Å². The van der Waals surface area contributed by atoms with Crippen molar-refractivity contribution in [2.45, 2.75) is 56.9 Å². The lowest BCUT2D eigenvalue weighted by molar-refractivity contribution is -0.133. The Kier molecular flexibility index (Phi) is 4.50. The summed E-state index contributed by atoms with van der Waals surface area (Å²) in [6.07, 6.45) is 4.47. The number of carbonyl (C=O) groups excluding carboxylic acids is 1. The Morgan fingerprint density at radius 3 is 2.61 bits per heavy atom. The van der Waals surface area contributed by atoms with Crippen molar-refractivity contribution >= 4 is 11.9 Å². The van der Waals surface area contributed by atoms with E-state index in [0.29, 0.717) is 16.5 Å². The molecule has 7 nitrogen and oxygen atoms in total. The van der Waals surface area contributed by atoms with Gasteiger partial charge in [-0.1, -0.05) is 11.2 Å². The number of nitriles is 1. The van der Waals surface area contributed by atoms with E-state index in [1.165, 1.54) is 25.0 Å². The summed E-state index contributed by atoms with van der Waals surface area (Å²) in [6, 6.07) is 6.16.